The molecule has 1 atom stereocenters. The third-order valence-corrected chi connectivity index (χ3v) is 3.80. The SMILES string of the molecule is CCCNc1cc(NCC(C)C2CC2)nc(COCC)n1. The fourth-order valence-corrected chi connectivity index (χ4v) is 2.29. The molecule has 0 aliphatic heterocycles. The van der Waals surface area contributed by atoms with Gasteiger partial charge in [-0.3, -0.25) is 0 Å². The number of anilines is 2. The minimum atomic E-state index is 0.463. The van der Waals surface area contributed by atoms with Crippen LogP contribution in [0.3, 0.4) is 0 Å². The summed E-state index contributed by atoms with van der Waals surface area (Å²) in [4.78, 5) is 9.04. The van der Waals surface area contributed by atoms with E-state index < -0.39 is 0 Å². The van der Waals surface area contributed by atoms with Crippen molar-refractivity contribution in [1.82, 2.24) is 9.97 Å². The Bertz CT molecular complexity index is 408. The van der Waals surface area contributed by atoms with E-state index >= 15 is 0 Å². The molecule has 1 heterocycles. The predicted octanol–water partition coefficient (Wildman–Crippen LogP) is 3.29. The van der Waals surface area contributed by atoms with Crippen LogP contribution >= 0.6 is 0 Å². The summed E-state index contributed by atoms with van der Waals surface area (Å²) in [6, 6.07) is 1.99. The van der Waals surface area contributed by atoms with Crippen LogP contribution in [-0.4, -0.2) is 29.7 Å². The molecule has 118 valence electrons. The summed E-state index contributed by atoms with van der Waals surface area (Å²) in [7, 11) is 0. The standard InChI is InChI=1S/C16H28N4O/c1-4-8-17-14-9-15(18-10-12(3)13-6-7-13)20-16(19-14)11-21-5-2/h9,12-13H,4-8,10-11H2,1-3H3,(H2,17,18,19,20). The van der Waals surface area contributed by atoms with Crippen LogP contribution in [0.2, 0.25) is 0 Å². The Balaban J connectivity index is 1.98. The fourth-order valence-electron chi connectivity index (χ4n) is 2.29. The van der Waals surface area contributed by atoms with Gasteiger partial charge in [0.25, 0.3) is 0 Å². The molecule has 0 bridgehead atoms. The number of hydrogen-bond donors (Lipinski definition) is 2. The van der Waals surface area contributed by atoms with E-state index in [1.165, 1.54) is 12.8 Å². The van der Waals surface area contributed by atoms with E-state index in [4.69, 9.17) is 4.74 Å². The zero-order chi connectivity index (χ0) is 15.1. The molecule has 0 spiro atoms. The molecule has 1 aromatic rings. The first-order valence-electron chi connectivity index (χ1n) is 8.16. The van der Waals surface area contributed by atoms with Gasteiger partial charge in [-0.1, -0.05) is 13.8 Å². The number of hydrogen-bond acceptors (Lipinski definition) is 5. The Hall–Kier alpha value is -1.36. The molecule has 21 heavy (non-hydrogen) atoms. The molecule has 5 nitrogen and oxygen atoms in total. The van der Waals surface area contributed by atoms with E-state index in [1.807, 2.05) is 13.0 Å². The highest BCUT2D eigenvalue weighted by atomic mass is 16.5. The smallest absolute Gasteiger partial charge is 0.158 e. The molecule has 1 aromatic heterocycles. The molecule has 0 saturated heterocycles. The number of aromatic nitrogens is 2. The summed E-state index contributed by atoms with van der Waals surface area (Å²) in [5, 5.41) is 6.78. The maximum absolute atomic E-state index is 5.43. The molecule has 1 fully saturated rings. The lowest BCUT2D eigenvalue weighted by Gasteiger charge is -2.14. The van der Waals surface area contributed by atoms with Crippen molar-refractivity contribution in [2.24, 2.45) is 11.8 Å². The largest absolute Gasteiger partial charge is 0.374 e. The highest BCUT2D eigenvalue weighted by Crippen LogP contribution is 2.36. The highest BCUT2D eigenvalue weighted by Gasteiger charge is 2.27. The van der Waals surface area contributed by atoms with Crippen LogP contribution in [0.15, 0.2) is 6.07 Å². The first-order valence-corrected chi connectivity index (χ1v) is 8.16. The van der Waals surface area contributed by atoms with Crippen molar-refractivity contribution in [1.29, 1.82) is 0 Å². The van der Waals surface area contributed by atoms with Gasteiger partial charge in [0.2, 0.25) is 0 Å². The Kier molecular flexibility index (Phi) is 6.23. The predicted molar refractivity (Wildman–Crippen MR) is 86.5 cm³/mol. The molecule has 0 amide bonds. The molecular weight excluding hydrogens is 264 g/mol. The normalized spacial score (nSPS) is 15.8. The molecule has 1 aliphatic rings. The molecule has 0 aromatic carbocycles. The summed E-state index contributed by atoms with van der Waals surface area (Å²) >= 11 is 0. The number of nitrogens with zero attached hydrogens (tertiary/aromatic N) is 2. The molecule has 1 aliphatic carbocycles. The van der Waals surface area contributed by atoms with Crippen LogP contribution in [0.5, 0.6) is 0 Å². The van der Waals surface area contributed by atoms with Crippen molar-refractivity contribution in [3.63, 3.8) is 0 Å². The molecule has 5 heteroatoms. The average molecular weight is 292 g/mol. The molecule has 1 unspecified atom stereocenters. The molecular formula is C16H28N4O. The van der Waals surface area contributed by atoms with Gasteiger partial charge >= 0.3 is 0 Å². The quantitative estimate of drug-likeness (QED) is 0.693. The molecule has 2 rings (SSSR count). The van der Waals surface area contributed by atoms with Crippen LogP contribution < -0.4 is 10.6 Å². The van der Waals surface area contributed by atoms with Crippen molar-refractivity contribution >= 4 is 11.6 Å². The molecule has 1 saturated carbocycles. The van der Waals surface area contributed by atoms with E-state index in [0.717, 1.165) is 42.9 Å². The van der Waals surface area contributed by atoms with Crippen LogP contribution in [0.1, 0.15) is 45.9 Å². The van der Waals surface area contributed by atoms with Crippen LogP contribution in [-0.2, 0) is 11.3 Å². The average Bonchev–Trinajstić information content (AvgIpc) is 3.33. The fraction of sp³-hybridized carbons (Fsp3) is 0.750. The van der Waals surface area contributed by atoms with Crippen LogP contribution in [0.4, 0.5) is 11.6 Å². The van der Waals surface area contributed by atoms with Gasteiger partial charge < -0.3 is 15.4 Å². The Morgan fingerprint density at radius 2 is 1.95 bits per heavy atom. The molecule has 2 N–H and O–H groups in total. The summed E-state index contributed by atoms with van der Waals surface area (Å²) in [6.07, 6.45) is 3.84. The van der Waals surface area contributed by atoms with Crippen molar-refractivity contribution < 1.29 is 4.74 Å². The number of nitrogens with one attached hydrogen (secondary N) is 2. The molecule has 0 radical (unpaired) electrons. The lowest BCUT2D eigenvalue weighted by atomic mass is 10.1. The zero-order valence-corrected chi connectivity index (χ0v) is 13.5. The minimum absolute atomic E-state index is 0.463. The van der Waals surface area contributed by atoms with Crippen molar-refractivity contribution in [2.45, 2.75) is 46.6 Å². The van der Waals surface area contributed by atoms with E-state index in [-0.39, 0.29) is 0 Å². The second-order valence-electron chi connectivity index (χ2n) is 5.81. The summed E-state index contributed by atoms with van der Waals surface area (Å²) in [5.41, 5.74) is 0. The third kappa shape index (κ3) is 5.50. The maximum atomic E-state index is 5.43. The van der Waals surface area contributed by atoms with Gasteiger partial charge in [-0.25, -0.2) is 9.97 Å². The van der Waals surface area contributed by atoms with E-state index in [0.29, 0.717) is 19.1 Å². The summed E-state index contributed by atoms with van der Waals surface area (Å²) < 4.78 is 5.43. The van der Waals surface area contributed by atoms with Gasteiger partial charge in [0.15, 0.2) is 5.82 Å². The van der Waals surface area contributed by atoms with Gasteiger partial charge in [-0.2, -0.15) is 0 Å². The third-order valence-electron chi connectivity index (χ3n) is 3.80. The summed E-state index contributed by atoms with van der Waals surface area (Å²) in [5.74, 6) is 4.12. The maximum Gasteiger partial charge on any atom is 0.158 e. The van der Waals surface area contributed by atoms with Gasteiger partial charge in [-0.15, -0.1) is 0 Å². The van der Waals surface area contributed by atoms with Gasteiger partial charge in [0, 0.05) is 25.8 Å². The lowest BCUT2D eigenvalue weighted by Crippen LogP contribution is -2.15. The van der Waals surface area contributed by atoms with E-state index in [2.05, 4.69) is 34.4 Å². The number of rotatable bonds is 10. The van der Waals surface area contributed by atoms with E-state index in [9.17, 15) is 0 Å². The lowest BCUT2D eigenvalue weighted by molar-refractivity contribution is 0.128. The van der Waals surface area contributed by atoms with Gasteiger partial charge in [-0.05, 0) is 38.0 Å². The highest BCUT2D eigenvalue weighted by molar-refractivity contribution is 5.47. The first kappa shape index (κ1) is 16.0. The Labute approximate surface area is 127 Å². The monoisotopic (exact) mass is 292 g/mol. The first-order chi connectivity index (χ1) is 10.2. The van der Waals surface area contributed by atoms with E-state index in [1.54, 1.807) is 0 Å². The Morgan fingerprint density at radius 1 is 1.24 bits per heavy atom. The minimum Gasteiger partial charge on any atom is -0.374 e. The topological polar surface area (TPSA) is 59.1 Å². The second-order valence-corrected chi connectivity index (χ2v) is 5.81. The zero-order valence-electron chi connectivity index (χ0n) is 13.5. The van der Waals surface area contributed by atoms with Crippen LogP contribution in [0, 0.1) is 11.8 Å². The van der Waals surface area contributed by atoms with Crippen LogP contribution in [0.25, 0.3) is 0 Å². The second kappa shape index (κ2) is 8.17. The Morgan fingerprint density at radius 3 is 2.57 bits per heavy atom. The van der Waals surface area contributed by atoms with Crippen molar-refractivity contribution in [3.05, 3.63) is 11.9 Å². The van der Waals surface area contributed by atoms with Crippen molar-refractivity contribution in [3.8, 4) is 0 Å². The van der Waals surface area contributed by atoms with Crippen molar-refractivity contribution in [2.75, 3.05) is 30.3 Å². The number of ether oxygens (including phenoxy) is 1. The summed E-state index contributed by atoms with van der Waals surface area (Å²) in [6.45, 7) is 9.47. The van der Waals surface area contributed by atoms with Gasteiger partial charge in [0.1, 0.15) is 18.2 Å². The van der Waals surface area contributed by atoms with Gasteiger partial charge in [0.05, 0.1) is 0 Å².